The number of hydrogen-bond donors (Lipinski definition) is 1. The van der Waals surface area contributed by atoms with Gasteiger partial charge in [-0.2, -0.15) is 0 Å². The van der Waals surface area contributed by atoms with Gasteiger partial charge < -0.3 is 10.5 Å². The van der Waals surface area contributed by atoms with E-state index in [-0.39, 0.29) is 5.54 Å². The zero-order valence-electron chi connectivity index (χ0n) is 11.8. The summed E-state index contributed by atoms with van der Waals surface area (Å²) >= 11 is 0. The molecule has 104 valence electrons. The molecule has 1 atom stereocenters. The van der Waals surface area contributed by atoms with Crippen molar-refractivity contribution >= 4 is 0 Å². The monoisotopic (exact) mass is 260 g/mol. The molecule has 0 aromatic heterocycles. The van der Waals surface area contributed by atoms with Gasteiger partial charge in [0.2, 0.25) is 0 Å². The number of nitrogens with zero attached hydrogens (tertiary/aromatic N) is 1. The van der Waals surface area contributed by atoms with Crippen molar-refractivity contribution < 1.29 is 4.74 Å². The van der Waals surface area contributed by atoms with Crippen LogP contribution in [0.4, 0.5) is 0 Å². The summed E-state index contributed by atoms with van der Waals surface area (Å²) in [5.41, 5.74) is 8.87. The molecule has 0 radical (unpaired) electrons. The highest BCUT2D eigenvalue weighted by Gasteiger charge is 2.43. The first kappa shape index (κ1) is 12.9. The summed E-state index contributed by atoms with van der Waals surface area (Å²) in [4.78, 5) is 2.59. The van der Waals surface area contributed by atoms with Crippen molar-refractivity contribution in [3.8, 4) is 5.75 Å². The summed E-state index contributed by atoms with van der Waals surface area (Å²) < 4.78 is 5.98. The van der Waals surface area contributed by atoms with Gasteiger partial charge in [0.15, 0.2) is 0 Å². The summed E-state index contributed by atoms with van der Waals surface area (Å²) in [7, 11) is 0. The Hall–Kier alpha value is -1.06. The molecule has 2 N–H and O–H groups in total. The molecule has 1 saturated heterocycles. The number of nitrogens with two attached hydrogens (primary N) is 1. The van der Waals surface area contributed by atoms with Crippen LogP contribution in [0.25, 0.3) is 0 Å². The van der Waals surface area contributed by atoms with Crippen LogP contribution in [0.15, 0.2) is 18.2 Å². The minimum Gasteiger partial charge on any atom is -0.493 e. The summed E-state index contributed by atoms with van der Waals surface area (Å²) in [5.74, 6) is 1.11. The van der Waals surface area contributed by atoms with Crippen molar-refractivity contribution in [2.45, 2.75) is 38.1 Å². The van der Waals surface area contributed by atoms with E-state index >= 15 is 0 Å². The van der Waals surface area contributed by atoms with Crippen molar-refractivity contribution in [2.75, 3.05) is 26.2 Å². The second-order valence-corrected chi connectivity index (χ2v) is 5.68. The molecule has 0 spiro atoms. The van der Waals surface area contributed by atoms with Gasteiger partial charge in [0.05, 0.1) is 12.1 Å². The number of likely N-dealkylation sites (tertiary alicyclic amines) is 1. The molecular weight excluding hydrogens is 236 g/mol. The van der Waals surface area contributed by atoms with Crippen LogP contribution in [0.3, 0.4) is 0 Å². The summed E-state index contributed by atoms with van der Waals surface area (Å²) in [6.07, 6.45) is 4.63. The van der Waals surface area contributed by atoms with E-state index in [0.29, 0.717) is 6.54 Å². The SMILES string of the molecule is CCc1cccc2c1OCCC2(CN)N1CCCC1. The molecule has 2 heterocycles. The van der Waals surface area contributed by atoms with Crippen molar-refractivity contribution in [1.82, 2.24) is 4.90 Å². The molecule has 3 heteroatoms. The van der Waals surface area contributed by atoms with Crippen LogP contribution in [0.5, 0.6) is 5.75 Å². The molecule has 3 rings (SSSR count). The Morgan fingerprint density at radius 2 is 2.11 bits per heavy atom. The third-order valence-corrected chi connectivity index (χ3v) is 4.79. The van der Waals surface area contributed by atoms with E-state index in [9.17, 15) is 0 Å². The number of para-hydroxylation sites is 1. The zero-order valence-corrected chi connectivity index (χ0v) is 11.8. The van der Waals surface area contributed by atoms with Gasteiger partial charge in [0.1, 0.15) is 5.75 Å². The van der Waals surface area contributed by atoms with E-state index in [2.05, 4.69) is 30.0 Å². The number of benzene rings is 1. The molecule has 3 nitrogen and oxygen atoms in total. The van der Waals surface area contributed by atoms with E-state index in [1.807, 2.05) is 0 Å². The molecule has 1 fully saturated rings. The summed E-state index contributed by atoms with van der Waals surface area (Å²) in [6, 6.07) is 6.56. The smallest absolute Gasteiger partial charge is 0.127 e. The van der Waals surface area contributed by atoms with Crippen LogP contribution in [-0.2, 0) is 12.0 Å². The lowest BCUT2D eigenvalue weighted by atomic mass is 9.81. The van der Waals surface area contributed by atoms with E-state index in [0.717, 1.165) is 25.2 Å². The first-order chi connectivity index (χ1) is 9.31. The molecule has 0 bridgehead atoms. The van der Waals surface area contributed by atoms with Crippen molar-refractivity contribution in [3.05, 3.63) is 29.3 Å². The lowest BCUT2D eigenvalue weighted by molar-refractivity contribution is 0.0692. The van der Waals surface area contributed by atoms with Gasteiger partial charge in [-0.1, -0.05) is 25.1 Å². The Morgan fingerprint density at radius 3 is 2.79 bits per heavy atom. The van der Waals surface area contributed by atoms with Crippen LogP contribution >= 0.6 is 0 Å². The maximum absolute atomic E-state index is 6.23. The highest BCUT2D eigenvalue weighted by Crippen LogP contribution is 2.43. The van der Waals surface area contributed by atoms with Gasteiger partial charge in [0, 0.05) is 18.5 Å². The predicted octanol–water partition coefficient (Wildman–Crippen LogP) is 2.28. The molecule has 2 aliphatic heterocycles. The lowest BCUT2D eigenvalue weighted by Crippen LogP contribution is -2.52. The van der Waals surface area contributed by atoms with Crippen LogP contribution in [0.2, 0.25) is 0 Å². The third-order valence-electron chi connectivity index (χ3n) is 4.79. The van der Waals surface area contributed by atoms with Gasteiger partial charge >= 0.3 is 0 Å². The van der Waals surface area contributed by atoms with E-state index in [1.54, 1.807) is 0 Å². The van der Waals surface area contributed by atoms with Crippen LogP contribution in [0.1, 0.15) is 37.3 Å². The largest absolute Gasteiger partial charge is 0.493 e. The highest BCUT2D eigenvalue weighted by molar-refractivity contribution is 5.47. The molecule has 1 unspecified atom stereocenters. The first-order valence-electron chi connectivity index (χ1n) is 7.52. The van der Waals surface area contributed by atoms with Gasteiger partial charge in [-0.05, 0) is 37.9 Å². The maximum atomic E-state index is 6.23. The minimum absolute atomic E-state index is 0.00919. The predicted molar refractivity (Wildman–Crippen MR) is 77.5 cm³/mol. The second kappa shape index (κ2) is 5.14. The van der Waals surface area contributed by atoms with Gasteiger partial charge in [0.25, 0.3) is 0 Å². The Bertz CT molecular complexity index is 454. The Balaban J connectivity index is 2.09. The minimum atomic E-state index is 0.00919. The molecule has 2 aliphatic rings. The fourth-order valence-electron chi connectivity index (χ4n) is 3.67. The van der Waals surface area contributed by atoms with E-state index in [1.165, 1.54) is 37.1 Å². The summed E-state index contributed by atoms with van der Waals surface area (Å²) in [5, 5.41) is 0. The molecular formula is C16H24N2O. The standard InChI is InChI=1S/C16H24N2O/c1-2-13-6-5-7-14-15(13)19-11-8-16(14,12-17)18-9-3-4-10-18/h5-7H,2-4,8-12,17H2,1H3. The number of ether oxygens (including phenoxy) is 1. The van der Waals surface area contributed by atoms with E-state index in [4.69, 9.17) is 10.5 Å². The average molecular weight is 260 g/mol. The van der Waals surface area contributed by atoms with E-state index < -0.39 is 0 Å². The van der Waals surface area contributed by atoms with Gasteiger partial charge in [-0.25, -0.2) is 0 Å². The fraction of sp³-hybridized carbons (Fsp3) is 0.625. The number of rotatable bonds is 3. The fourth-order valence-corrected chi connectivity index (χ4v) is 3.67. The molecule has 0 saturated carbocycles. The maximum Gasteiger partial charge on any atom is 0.127 e. The van der Waals surface area contributed by atoms with Crippen LogP contribution in [0, 0.1) is 0 Å². The normalized spacial score (nSPS) is 27.1. The summed E-state index contributed by atoms with van der Waals surface area (Å²) in [6.45, 7) is 6.02. The third kappa shape index (κ3) is 1.96. The average Bonchev–Trinajstić information content (AvgIpc) is 3.00. The number of aryl methyl sites for hydroxylation is 1. The first-order valence-corrected chi connectivity index (χ1v) is 7.52. The van der Waals surface area contributed by atoms with Crippen molar-refractivity contribution in [2.24, 2.45) is 5.73 Å². The zero-order chi connectivity index (χ0) is 13.3. The topological polar surface area (TPSA) is 38.5 Å². The number of fused-ring (bicyclic) bond motifs is 1. The number of hydrogen-bond acceptors (Lipinski definition) is 3. The highest BCUT2D eigenvalue weighted by atomic mass is 16.5. The Kier molecular flexibility index (Phi) is 3.50. The molecule has 1 aromatic rings. The molecule has 1 aromatic carbocycles. The lowest BCUT2D eigenvalue weighted by Gasteiger charge is -2.45. The molecule has 19 heavy (non-hydrogen) atoms. The van der Waals surface area contributed by atoms with Gasteiger partial charge in [-0.3, -0.25) is 4.90 Å². The second-order valence-electron chi connectivity index (χ2n) is 5.68. The van der Waals surface area contributed by atoms with Crippen molar-refractivity contribution in [3.63, 3.8) is 0 Å². The van der Waals surface area contributed by atoms with Crippen LogP contribution < -0.4 is 10.5 Å². The quantitative estimate of drug-likeness (QED) is 0.906. The Labute approximate surface area is 115 Å². The van der Waals surface area contributed by atoms with Crippen LogP contribution in [-0.4, -0.2) is 31.1 Å². The Morgan fingerprint density at radius 1 is 1.32 bits per heavy atom. The van der Waals surface area contributed by atoms with Gasteiger partial charge in [-0.15, -0.1) is 0 Å². The molecule has 0 aliphatic carbocycles. The molecule has 0 amide bonds. The van der Waals surface area contributed by atoms with Crippen molar-refractivity contribution in [1.29, 1.82) is 0 Å².